The van der Waals surface area contributed by atoms with Crippen molar-refractivity contribution < 1.29 is 0 Å². The fourth-order valence-electron chi connectivity index (χ4n) is 2.22. The fourth-order valence-corrected chi connectivity index (χ4v) is 2.22. The van der Waals surface area contributed by atoms with Crippen LogP contribution in [0.1, 0.15) is 30.8 Å². The van der Waals surface area contributed by atoms with Gasteiger partial charge in [0.05, 0.1) is 11.4 Å². The van der Waals surface area contributed by atoms with Crippen LogP contribution in [0.5, 0.6) is 0 Å². The zero-order valence-corrected chi connectivity index (χ0v) is 12.9. The zero-order chi connectivity index (χ0) is 14.9. The molecule has 0 spiro atoms. The van der Waals surface area contributed by atoms with Crippen molar-refractivity contribution in [1.29, 1.82) is 0 Å². The lowest BCUT2D eigenvalue weighted by atomic mass is 10.2. The third-order valence-corrected chi connectivity index (χ3v) is 3.41. The Morgan fingerprint density at radius 2 is 1.76 bits per heavy atom. The monoisotopic (exact) mass is 284 g/mol. The molecule has 0 amide bonds. The summed E-state index contributed by atoms with van der Waals surface area (Å²) in [6, 6.07) is 10.4. The van der Waals surface area contributed by atoms with Crippen LogP contribution in [-0.4, -0.2) is 28.0 Å². The van der Waals surface area contributed by atoms with E-state index < -0.39 is 0 Å². The Balaban J connectivity index is 1.98. The summed E-state index contributed by atoms with van der Waals surface area (Å²) in [7, 11) is 0. The van der Waals surface area contributed by atoms with Gasteiger partial charge in [0.25, 0.3) is 0 Å². The second kappa shape index (κ2) is 8.49. The SMILES string of the molecule is CCNCc1cccc(CN(CC)Cc2ccncc2)n1. The summed E-state index contributed by atoms with van der Waals surface area (Å²) >= 11 is 0. The van der Waals surface area contributed by atoms with E-state index in [1.165, 1.54) is 5.56 Å². The van der Waals surface area contributed by atoms with Crippen molar-refractivity contribution in [2.75, 3.05) is 13.1 Å². The largest absolute Gasteiger partial charge is 0.311 e. The Hall–Kier alpha value is -1.78. The Bertz CT molecular complexity index is 527. The molecule has 0 saturated heterocycles. The molecule has 4 nitrogen and oxygen atoms in total. The average molecular weight is 284 g/mol. The van der Waals surface area contributed by atoms with Crippen molar-refractivity contribution in [3.63, 3.8) is 0 Å². The van der Waals surface area contributed by atoms with E-state index in [0.717, 1.165) is 44.1 Å². The molecule has 0 unspecified atom stereocenters. The van der Waals surface area contributed by atoms with Crippen LogP contribution >= 0.6 is 0 Å². The minimum Gasteiger partial charge on any atom is -0.311 e. The molecule has 2 heterocycles. The van der Waals surface area contributed by atoms with Crippen LogP contribution < -0.4 is 5.32 Å². The summed E-state index contributed by atoms with van der Waals surface area (Å²) in [5.41, 5.74) is 3.52. The van der Waals surface area contributed by atoms with Crippen molar-refractivity contribution in [2.45, 2.75) is 33.5 Å². The standard InChI is InChI=1S/C17H24N4/c1-3-18-12-16-6-5-7-17(20-16)14-21(4-2)13-15-8-10-19-11-9-15/h5-11,18H,3-4,12-14H2,1-2H3. The van der Waals surface area contributed by atoms with Gasteiger partial charge in [0.2, 0.25) is 0 Å². The molecule has 21 heavy (non-hydrogen) atoms. The van der Waals surface area contributed by atoms with Gasteiger partial charge in [-0.3, -0.25) is 14.9 Å². The van der Waals surface area contributed by atoms with E-state index >= 15 is 0 Å². The highest BCUT2D eigenvalue weighted by atomic mass is 15.1. The van der Waals surface area contributed by atoms with Gasteiger partial charge < -0.3 is 5.32 Å². The Morgan fingerprint density at radius 1 is 1.00 bits per heavy atom. The highest BCUT2D eigenvalue weighted by Gasteiger charge is 2.06. The quantitative estimate of drug-likeness (QED) is 0.809. The molecule has 0 atom stereocenters. The third kappa shape index (κ3) is 5.25. The van der Waals surface area contributed by atoms with Crippen molar-refractivity contribution in [1.82, 2.24) is 20.2 Å². The predicted molar refractivity (Wildman–Crippen MR) is 85.6 cm³/mol. The normalized spacial score (nSPS) is 11.0. The minimum atomic E-state index is 0.834. The average Bonchev–Trinajstić information content (AvgIpc) is 2.53. The van der Waals surface area contributed by atoms with Gasteiger partial charge in [-0.05, 0) is 42.9 Å². The first-order valence-corrected chi connectivity index (χ1v) is 7.58. The molecule has 0 aliphatic heterocycles. The maximum absolute atomic E-state index is 4.72. The van der Waals surface area contributed by atoms with Gasteiger partial charge in [0.1, 0.15) is 0 Å². The first kappa shape index (κ1) is 15.6. The number of hydrogen-bond donors (Lipinski definition) is 1. The molecule has 0 radical (unpaired) electrons. The van der Waals surface area contributed by atoms with Crippen LogP contribution in [-0.2, 0) is 19.6 Å². The van der Waals surface area contributed by atoms with E-state index in [1.807, 2.05) is 12.4 Å². The molecule has 2 aromatic heterocycles. The number of nitrogens with one attached hydrogen (secondary N) is 1. The van der Waals surface area contributed by atoms with Gasteiger partial charge in [0.15, 0.2) is 0 Å². The molecular formula is C17H24N4. The molecule has 0 bridgehead atoms. The van der Waals surface area contributed by atoms with Crippen LogP contribution in [0, 0.1) is 0 Å². The molecule has 2 rings (SSSR count). The maximum atomic E-state index is 4.72. The van der Waals surface area contributed by atoms with E-state index in [0.29, 0.717) is 0 Å². The van der Waals surface area contributed by atoms with Crippen molar-refractivity contribution in [3.8, 4) is 0 Å². The number of rotatable bonds is 8. The molecule has 1 N–H and O–H groups in total. The molecular weight excluding hydrogens is 260 g/mol. The first-order chi connectivity index (χ1) is 10.3. The zero-order valence-electron chi connectivity index (χ0n) is 12.9. The van der Waals surface area contributed by atoms with E-state index in [9.17, 15) is 0 Å². The highest BCUT2D eigenvalue weighted by molar-refractivity contribution is 5.13. The van der Waals surface area contributed by atoms with E-state index in [-0.39, 0.29) is 0 Å². The molecule has 0 aromatic carbocycles. The fraction of sp³-hybridized carbons (Fsp3) is 0.412. The maximum Gasteiger partial charge on any atom is 0.0547 e. The van der Waals surface area contributed by atoms with E-state index in [2.05, 4.69) is 59.4 Å². The summed E-state index contributed by atoms with van der Waals surface area (Å²) in [6.45, 7) is 8.90. The second-order valence-electron chi connectivity index (χ2n) is 5.06. The predicted octanol–water partition coefficient (Wildman–Crippen LogP) is 2.61. The Labute approximate surface area is 127 Å². The van der Waals surface area contributed by atoms with Crippen LogP contribution in [0.4, 0.5) is 0 Å². The van der Waals surface area contributed by atoms with Crippen LogP contribution in [0.3, 0.4) is 0 Å². The van der Waals surface area contributed by atoms with E-state index in [4.69, 9.17) is 4.98 Å². The van der Waals surface area contributed by atoms with Gasteiger partial charge in [-0.2, -0.15) is 0 Å². The van der Waals surface area contributed by atoms with Crippen LogP contribution in [0.25, 0.3) is 0 Å². The van der Waals surface area contributed by atoms with Crippen molar-refractivity contribution >= 4 is 0 Å². The van der Waals surface area contributed by atoms with E-state index in [1.54, 1.807) is 0 Å². The number of pyridine rings is 2. The molecule has 0 saturated carbocycles. The minimum absolute atomic E-state index is 0.834. The van der Waals surface area contributed by atoms with Crippen molar-refractivity contribution in [3.05, 3.63) is 59.7 Å². The Kier molecular flexibility index (Phi) is 6.31. The van der Waals surface area contributed by atoms with Gasteiger partial charge in [-0.1, -0.05) is 19.9 Å². The van der Waals surface area contributed by atoms with Crippen LogP contribution in [0.15, 0.2) is 42.7 Å². The molecule has 0 fully saturated rings. The van der Waals surface area contributed by atoms with Gasteiger partial charge in [0, 0.05) is 32.0 Å². The second-order valence-corrected chi connectivity index (χ2v) is 5.06. The number of hydrogen-bond acceptors (Lipinski definition) is 4. The summed E-state index contributed by atoms with van der Waals surface area (Å²) in [6.07, 6.45) is 3.69. The summed E-state index contributed by atoms with van der Waals surface area (Å²) in [5.74, 6) is 0. The van der Waals surface area contributed by atoms with Gasteiger partial charge >= 0.3 is 0 Å². The lowest BCUT2D eigenvalue weighted by Gasteiger charge is -2.20. The molecule has 0 aliphatic rings. The summed E-state index contributed by atoms with van der Waals surface area (Å²) in [4.78, 5) is 11.2. The van der Waals surface area contributed by atoms with Gasteiger partial charge in [-0.15, -0.1) is 0 Å². The summed E-state index contributed by atoms with van der Waals surface area (Å²) in [5, 5.41) is 3.32. The molecule has 0 aliphatic carbocycles. The third-order valence-electron chi connectivity index (χ3n) is 3.41. The number of aromatic nitrogens is 2. The lowest BCUT2D eigenvalue weighted by molar-refractivity contribution is 0.268. The lowest BCUT2D eigenvalue weighted by Crippen LogP contribution is -2.23. The topological polar surface area (TPSA) is 41.0 Å². The highest BCUT2D eigenvalue weighted by Crippen LogP contribution is 2.08. The van der Waals surface area contributed by atoms with Crippen molar-refractivity contribution in [2.24, 2.45) is 0 Å². The number of nitrogens with zero attached hydrogens (tertiary/aromatic N) is 3. The first-order valence-electron chi connectivity index (χ1n) is 7.58. The smallest absolute Gasteiger partial charge is 0.0547 e. The molecule has 112 valence electrons. The van der Waals surface area contributed by atoms with Gasteiger partial charge in [-0.25, -0.2) is 0 Å². The van der Waals surface area contributed by atoms with Crippen LogP contribution in [0.2, 0.25) is 0 Å². The summed E-state index contributed by atoms with van der Waals surface area (Å²) < 4.78 is 0. The Morgan fingerprint density at radius 3 is 2.48 bits per heavy atom. The molecule has 2 aromatic rings. The molecule has 4 heteroatoms.